The molecule has 0 amide bonds. The number of nitrogens with two attached hydrogens (primary N) is 2. The Morgan fingerprint density at radius 1 is 1.41 bits per heavy atom. The maximum atomic E-state index is 10.4. The molecule has 1 saturated heterocycles. The summed E-state index contributed by atoms with van der Waals surface area (Å²) in [5.74, 6) is 0.849. The van der Waals surface area contributed by atoms with Crippen molar-refractivity contribution in [2.24, 2.45) is 0 Å². The minimum absolute atomic E-state index is 0.389. The van der Waals surface area contributed by atoms with Gasteiger partial charge in [0.25, 0.3) is 7.41 Å². The lowest BCUT2D eigenvalue weighted by Crippen LogP contribution is -2.36. The van der Waals surface area contributed by atoms with E-state index in [-0.39, 0.29) is 0 Å². The van der Waals surface area contributed by atoms with E-state index in [0.717, 1.165) is 37.7 Å². The molecule has 1 aliphatic heterocycles. The molecule has 0 unspecified atom stereocenters. The van der Waals surface area contributed by atoms with Crippen LogP contribution in [0.4, 0.5) is 11.5 Å². The molecule has 89 valence electrons. The van der Waals surface area contributed by atoms with E-state index in [1.54, 1.807) is 13.6 Å². The maximum absolute atomic E-state index is 10.4. The molecule has 1 fully saturated rings. The van der Waals surface area contributed by atoms with E-state index in [2.05, 4.69) is 4.98 Å². The van der Waals surface area contributed by atoms with Crippen molar-refractivity contribution in [2.75, 3.05) is 24.6 Å². The molecule has 0 saturated carbocycles. The summed E-state index contributed by atoms with van der Waals surface area (Å²) < 4.78 is 0. The number of hydrogen-bond acceptors (Lipinski definition) is 5. The maximum Gasteiger partial charge on any atom is 0.293 e. The van der Waals surface area contributed by atoms with Gasteiger partial charge >= 0.3 is 0 Å². The van der Waals surface area contributed by atoms with Crippen molar-refractivity contribution in [3.63, 3.8) is 0 Å². The normalized spacial score (nSPS) is 17.9. The summed E-state index contributed by atoms with van der Waals surface area (Å²) in [6, 6.07) is 1.91. The number of aromatic nitrogens is 1. The molecule has 0 bridgehead atoms. The van der Waals surface area contributed by atoms with E-state index in [4.69, 9.17) is 11.5 Å². The number of anilines is 2. The molecule has 1 aromatic rings. The van der Waals surface area contributed by atoms with Crippen molar-refractivity contribution >= 4 is 25.1 Å². The van der Waals surface area contributed by atoms with Crippen molar-refractivity contribution in [3.8, 4) is 0 Å². The first-order valence-electron chi connectivity index (χ1n) is 5.74. The van der Waals surface area contributed by atoms with Crippen LogP contribution in [0.2, 0.25) is 0 Å². The fraction of sp³-hybridized carbons (Fsp3) is 0.455. The van der Waals surface area contributed by atoms with Crippen LogP contribution >= 0.6 is 0 Å². The Balaban J connectivity index is 2.00. The minimum atomic E-state index is 0.389. The number of carbonyl (C=O) groups is 1. The minimum Gasteiger partial charge on any atom is -0.396 e. The monoisotopic (exact) mass is 231 g/mol. The Morgan fingerprint density at radius 3 is 2.71 bits per heavy atom. The van der Waals surface area contributed by atoms with Gasteiger partial charge in [-0.15, -0.1) is 0 Å². The summed E-state index contributed by atoms with van der Waals surface area (Å²) in [6.45, 7) is 1.79. The lowest BCUT2D eigenvalue weighted by atomic mass is 9.84. The second-order valence-corrected chi connectivity index (χ2v) is 4.34. The first-order chi connectivity index (χ1) is 8.20. The predicted octanol–water partition coefficient (Wildman–Crippen LogP) is 0.235. The lowest BCUT2D eigenvalue weighted by molar-refractivity contribution is 0.331. The summed E-state index contributed by atoms with van der Waals surface area (Å²) in [5, 5.41) is 0. The van der Waals surface area contributed by atoms with E-state index in [9.17, 15) is 4.79 Å². The highest BCUT2D eigenvalue weighted by molar-refractivity contribution is 6.64. The van der Waals surface area contributed by atoms with Crippen LogP contribution in [-0.4, -0.2) is 36.5 Å². The largest absolute Gasteiger partial charge is 0.396 e. The number of rotatable bonds is 3. The quantitative estimate of drug-likeness (QED) is 0.574. The van der Waals surface area contributed by atoms with Gasteiger partial charge in [0.15, 0.2) is 0 Å². The Morgan fingerprint density at radius 2 is 2.12 bits per heavy atom. The van der Waals surface area contributed by atoms with Crippen LogP contribution in [0.1, 0.15) is 24.3 Å². The van der Waals surface area contributed by atoms with Crippen LogP contribution in [0, 0.1) is 0 Å². The Hall–Kier alpha value is -1.56. The van der Waals surface area contributed by atoms with Gasteiger partial charge in [-0.1, -0.05) is 0 Å². The molecule has 6 heteroatoms. The highest BCUT2D eigenvalue weighted by Crippen LogP contribution is 2.29. The fourth-order valence-corrected chi connectivity index (χ4v) is 2.20. The third-order valence-electron chi connectivity index (χ3n) is 3.24. The summed E-state index contributed by atoms with van der Waals surface area (Å²) in [7, 11) is 1.60. The molecular weight excluding hydrogens is 215 g/mol. The molecule has 17 heavy (non-hydrogen) atoms. The van der Waals surface area contributed by atoms with Gasteiger partial charge in [0.2, 0.25) is 0 Å². The molecule has 0 spiro atoms. The number of nitrogens with zero attached hydrogens (tertiary/aromatic N) is 2. The SMILES string of the molecule is Nc1cc(C2CCN([B]C=O)CC2)cnc1N. The van der Waals surface area contributed by atoms with Gasteiger partial charge in [0.1, 0.15) is 5.82 Å². The highest BCUT2D eigenvalue weighted by Gasteiger charge is 2.21. The first-order valence-corrected chi connectivity index (χ1v) is 5.74. The molecule has 2 heterocycles. The summed E-state index contributed by atoms with van der Waals surface area (Å²) in [4.78, 5) is 16.5. The van der Waals surface area contributed by atoms with Crippen LogP contribution in [0.3, 0.4) is 0 Å². The Kier molecular flexibility index (Phi) is 3.63. The van der Waals surface area contributed by atoms with Crippen molar-refractivity contribution in [3.05, 3.63) is 17.8 Å². The second-order valence-electron chi connectivity index (χ2n) is 4.34. The molecule has 4 N–H and O–H groups in total. The molecule has 1 radical (unpaired) electrons. The number of pyridine rings is 1. The average molecular weight is 231 g/mol. The molecule has 5 nitrogen and oxygen atoms in total. The van der Waals surface area contributed by atoms with Crippen molar-refractivity contribution in [1.29, 1.82) is 0 Å². The van der Waals surface area contributed by atoms with Gasteiger partial charge in [-0.25, -0.2) is 4.98 Å². The van der Waals surface area contributed by atoms with Crippen LogP contribution in [-0.2, 0) is 4.79 Å². The van der Waals surface area contributed by atoms with Gasteiger partial charge in [-0.2, -0.15) is 0 Å². The first kappa shape index (κ1) is 11.9. The summed E-state index contributed by atoms with van der Waals surface area (Å²) in [5.41, 5.74) is 13.0. The summed E-state index contributed by atoms with van der Waals surface area (Å²) >= 11 is 0. The van der Waals surface area contributed by atoms with Gasteiger partial charge in [-0.05, 0) is 43.5 Å². The number of piperidine rings is 1. The van der Waals surface area contributed by atoms with Crippen LogP contribution in [0.5, 0.6) is 0 Å². The summed E-state index contributed by atoms with van der Waals surface area (Å²) in [6.07, 6.45) is 4.66. The van der Waals surface area contributed by atoms with Gasteiger partial charge in [0.05, 0.1) is 11.9 Å². The molecule has 1 aliphatic rings. The van der Waals surface area contributed by atoms with Crippen molar-refractivity contribution < 1.29 is 4.79 Å². The van der Waals surface area contributed by atoms with Crippen molar-refractivity contribution in [1.82, 2.24) is 9.79 Å². The third-order valence-corrected chi connectivity index (χ3v) is 3.24. The Bertz CT molecular complexity index is 404. The fourth-order valence-electron chi connectivity index (χ4n) is 2.20. The standard InChI is InChI=1S/C11H16BN4O/c13-10-5-9(6-15-11(10)14)8-1-3-16(4-2-8)12-7-17/h5-8H,1-4,13H2,(H2,14,15). The van der Waals surface area contributed by atoms with Crippen molar-refractivity contribution in [2.45, 2.75) is 18.8 Å². The van der Waals surface area contributed by atoms with E-state index < -0.39 is 0 Å². The topological polar surface area (TPSA) is 85.2 Å². The zero-order chi connectivity index (χ0) is 12.3. The Labute approximate surface area is 101 Å². The van der Waals surface area contributed by atoms with E-state index in [0.29, 0.717) is 17.4 Å². The predicted molar refractivity (Wildman–Crippen MR) is 69.1 cm³/mol. The zero-order valence-electron chi connectivity index (χ0n) is 9.67. The molecule has 0 aliphatic carbocycles. The van der Waals surface area contributed by atoms with E-state index in [1.807, 2.05) is 10.9 Å². The highest BCUT2D eigenvalue weighted by atomic mass is 16.1. The van der Waals surface area contributed by atoms with Crippen LogP contribution in [0.15, 0.2) is 12.3 Å². The second kappa shape index (κ2) is 5.18. The van der Waals surface area contributed by atoms with Crippen LogP contribution < -0.4 is 11.5 Å². The molecular formula is C11H16BN4O. The van der Waals surface area contributed by atoms with Gasteiger partial charge < -0.3 is 21.1 Å². The average Bonchev–Trinajstić information content (AvgIpc) is 2.34. The third kappa shape index (κ3) is 2.76. The van der Waals surface area contributed by atoms with E-state index in [1.165, 1.54) is 0 Å². The number of nitrogen functional groups attached to an aromatic ring is 2. The van der Waals surface area contributed by atoms with Gasteiger partial charge in [0, 0.05) is 6.20 Å². The number of carbonyl (C=O) groups excluding carboxylic acids is 1. The number of hydrogen-bond donors (Lipinski definition) is 2. The molecule has 0 aromatic carbocycles. The van der Waals surface area contributed by atoms with Crippen LogP contribution in [0.25, 0.3) is 0 Å². The molecule has 0 atom stereocenters. The smallest absolute Gasteiger partial charge is 0.293 e. The lowest BCUT2D eigenvalue weighted by Gasteiger charge is -2.30. The molecule has 2 rings (SSSR count). The zero-order valence-corrected chi connectivity index (χ0v) is 9.67. The molecule has 1 aromatic heterocycles. The van der Waals surface area contributed by atoms with E-state index >= 15 is 0 Å². The van der Waals surface area contributed by atoms with Gasteiger partial charge in [-0.3, -0.25) is 0 Å².